The Labute approximate surface area is 101 Å². The van der Waals surface area contributed by atoms with Crippen molar-refractivity contribution in [1.29, 1.82) is 0 Å². The van der Waals surface area contributed by atoms with Crippen LogP contribution in [0.2, 0.25) is 0 Å². The minimum Gasteiger partial charge on any atom is -0.349 e. The largest absolute Gasteiger partial charge is 0.349 e. The normalized spacial score (nSPS) is 18.0. The number of rotatable bonds is 2. The van der Waals surface area contributed by atoms with Crippen LogP contribution in [0, 0.1) is 5.82 Å². The van der Waals surface area contributed by atoms with E-state index in [0.29, 0.717) is 0 Å². The molecule has 1 N–H and O–H groups in total. The van der Waals surface area contributed by atoms with Crippen LogP contribution in [0.3, 0.4) is 0 Å². The lowest BCUT2D eigenvalue weighted by atomic mass is 10.0. The second-order valence-corrected chi connectivity index (χ2v) is 4.53. The number of benzene rings is 1. The fourth-order valence-corrected chi connectivity index (χ4v) is 2.06. The monoisotopic (exact) mass is 236 g/mol. The van der Waals surface area contributed by atoms with Crippen LogP contribution < -0.4 is 5.32 Å². The Kier molecular flexibility index (Phi) is 3.74. The van der Waals surface area contributed by atoms with E-state index >= 15 is 0 Å². The highest BCUT2D eigenvalue weighted by Gasteiger charge is 2.20. The van der Waals surface area contributed by atoms with E-state index in [-0.39, 0.29) is 17.5 Å². The number of halogens is 1. The summed E-state index contributed by atoms with van der Waals surface area (Å²) >= 11 is 0. The Hall–Kier alpha value is -1.42. The summed E-state index contributed by atoms with van der Waals surface area (Å²) in [6.45, 7) is 1.95. The first kappa shape index (κ1) is 12.0. The summed E-state index contributed by atoms with van der Waals surface area (Å²) in [5.74, 6) is -0.768. The molecule has 4 heteroatoms. The van der Waals surface area contributed by atoms with Crippen LogP contribution in [-0.4, -0.2) is 37.0 Å². The van der Waals surface area contributed by atoms with Crippen LogP contribution in [0.5, 0.6) is 0 Å². The molecular formula is C13H17FN2O. The third-order valence-corrected chi connectivity index (χ3v) is 3.17. The SMILES string of the molecule is CN1CCC(NC(=O)c2ccccc2F)CC1. The smallest absolute Gasteiger partial charge is 0.254 e. The molecule has 1 amide bonds. The summed E-state index contributed by atoms with van der Waals surface area (Å²) < 4.78 is 13.4. The first-order chi connectivity index (χ1) is 8.16. The average molecular weight is 236 g/mol. The highest BCUT2D eigenvalue weighted by molar-refractivity contribution is 5.94. The number of nitrogens with one attached hydrogen (secondary N) is 1. The van der Waals surface area contributed by atoms with Crippen molar-refractivity contribution in [2.45, 2.75) is 18.9 Å². The Morgan fingerprint density at radius 1 is 1.35 bits per heavy atom. The van der Waals surface area contributed by atoms with E-state index in [4.69, 9.17) is 0 Å². The lowest BCUT2D eigenvalue weighted by molar-refractivity contribution is 0.0913. The number of likely N-dealkylation sites (tertiary alicyclic amines) is 1. The molecule has 0 spiro atoms. The van der Waals surface area contributed by atoms with Gasteiger partial charge in [0.2, 0.25) is 0 Å². The van der Waals surface area contributed by atoms with Crippen molar-refractivity contribution in [2.24, 2.45) is 0 Å². The lowest BCUT2D eigenvalue weighted by Crippen LogP contribution is -2.43. The fraction of sp³-hybridized carbons (Fsp3) is 0.462. The zero-order valence-corrected chi connectivity index (χ0v) is 9.95. The van der Waals surface area contributed by atoms with Gasteiger partial charge in [0.15, 0.2) is 0 Å². The minimum atomic E-state index is -0.460. The van der Waals surface area contributed by atoms with Crippen LogP contribution in [0.4, 0.5) is 4.39 Å². The number of piperidine rings is 1. The van der Waals surface area contributed by atoms with Gasteiger partial charge in [-0.25, -0.2) is 4.39 Å². The minimum absolute atomic E-state index is 0.131. The standard InChI is InChI=1S/C13H17FN2O/c1-16-8-6-10(7-9-16)15-13(17)11-4-2-3-5-12(11)14/h2-5,10H,6-9H2,1H3,(H,15,17). The van der Waals surface area contributed by atoms with E-state index in [0.717, 1.165) is 25.9 Å². The Morgan fingerprint density at radius 3 is 2.65 bits per heavy atom. The molecule has 0 radical (unpaired) electrons. The Balaban J connectivity index is 1.96. The van der Waals surface area contributed by atoms with E-state index in [1.807, 2.05) is 0 Å². The van der Waals surface area contributed by atoms with Crippen molar-refractivity contribution >= 4 is 5.91 Å². The third kappa shape index (κ3) is 3.03. The van der Waals surface area contributed by atoms with Crippen molar-refractivity contribution in [1.82, 2.24) is 10.2 Å². The van der Waals surface area contributed by atoms with Gasteiger partial charge in [0.1, 0.15) is 5.82 Å². The van der Waals surface area contributed by atoms with Crippen molar-refractivity contribution in [3.8, 4) is 0 Å². The molecule has 1 aromatic carbocycles. The van der Waals surface area contributed by atoms with E-state index in [2.05, 4.69) is 17.3 Å². The molecule has 3 nitrogen and oxygen atoms in total. The molecule has 17 heavy (non-hydrogen) atoms. The van der Waals surface area contributed by atoms with Gasteiger partial charge in [-0.3, -0.25) is 4.79 Å². The zero-order valence-electron chi connectivity index (χ0n) is 9.95. The molecule has 0 bridgehead atoms. The molecule has 1 heterocycles. The summed E-state index contributed by atoms with van der Waals surface area (Å²) in [6, 6.07) is 6.25. The van der Waals surface area contributed by atoms with Gasteiger partial charge in [-0.15, -0.1) is 0 Å². The van der Waals surface area contributed by atoms with Crippen LogP contribution in [0.1, 0.15) is 23.2 Å². The van der Waals surface area contributed by atoms with Gasteiger partial charge >= 0.3 is 0 Å². The van der Waals surface area contributed by atoms with Gasteiger partial charge in [-0.05, 0) is 45.1 Å². The summed E-state index contributed by atoms with van der Waals surface area (Å²) in [4.78, 5) is 14.1. The van der Waals surface area contributed by atoms with Crippen LogP contribution in [0.25, 0.3) is 0 Å². The van der Waals surface area contributed by atoms with Crippen LogP contribution in [-0.2, 0) is 0 Å². The summed E-state index contributed by atoms with van der Waals surface area (Å²) in [6.07, 6.45) is 1.85. The summed E-state index contributed by atoms with van der Waals surface area (Å²) in [7, 11) is 2.06. The molecule has 1 aliphatic rings. The first-order valence-corrected chi connectivity index (χ1v) is 5.91. The second-order valence-electron chi connectivity index (χ2n) is 4.53. The number of carbonyl (C=O) groups excluding carboxylic acids is 1. The number of carbonyl (C=O) groups is 1. The number of hydrogen-bond donors (Lipinski definition) is 1. The lowest BCUT2D eigenvalue weighted by Gasteiger charge is -2.29. The molecule has 0 saturated carbocycles. The van der Waals surface area contributed by atoms with Gasteiger partial charge in [-0.1, -0.05) is 12.1 Å². The maximum Gasteiger partial charge on any atom is 0.254 e. The highest BCUT2D eigenvalue weighted by Crippen LogP contribution is 2.11. The molecule has 1 fully saturated rings. The number of nitrogens with zero attached hydrogens (tertiary/aromatic N) is 1. The van der Waals surface area contributed by atoms with Crippen molar-refractivity contribution in [3.05, 3.63) is 35.6 Å². The van der Waals surface area contributed by atoms with Crippen molar-refractivity contribution in [3.63, 3.8) is 0 Å². The molecule has 1 saturated heterocycles. The molecule has 2 rings (SSSR count). The first-order valence-electron chi connectivity index (χ1n) is 5.91. The molecule has 0 atom stereocenters. The molecule has 92 valence electrons. The third-order valence-electron chi connectivity index (χ3n) is 3.17. The average Bonchev–Trinajstić information content (AvgIpc) is 2.32. The maximum absolute atomic E-state index is 13.4. The van der Waals surface area contributed by atoms with E-state index in [1.54, 1.807) is 12.1 Å². The van der Waals surface area contributed by atoms with E-state index < -0.39 is 5.82 Å². The topological polar surface area (TPSA) is 32.3 Å². The Bertz CT molecular complexity index is 400. The van der Waals surface area contributed by atoms with Crippen molar-refractivity contribution < 1.29 is 9.18 Å². The van der Waals surface area contributed by atoms with Crippen LogP contribution in [0.15, 0.2) is 24.3 Å². The summed E-state index contributed by atoms with van der Waals surface area (Å²) in [5.41, 5.74) is 0.131. The van der Waals surface area contributed by atoms with Gasteiger partial charge < -0.3 is 10.2 Å². The molecule has 0 aromatic heterocycles. The molecular weight excluding hydrogens is 219 g/mol. The predicted molar refractivity (Wildman–Crippen MR) is 64.4 cm³/mol. The fourth-order valence-electron chi connectivity index (χ4n) is 2.06. The van der Waals surface area contributed by atoms with Crippen LogP contribution >= 0.6 is 0 Å². The second kappa shape index (κ2) is 5.27. The maximum atomic E-state index is 13.4. The highest BCUT2D eigenvalue weighted by atomic mass is 19.1. The quantitative estimate of drug-likeness (QED) is 0.846. The van der Waals surface area contributed by atoms with E-state index in [1.165, 1.54) is 12.1 Å². The van der Waals surface area contributed by atoms with Gasteiger partial charge in [-0.2, -0.15) is 0 Å². The molecule has 1 aliphatic heterocycles. The predicted octanol–water partition coefficient (Wildman–Crippen LogP) is 1.65. The Morgan fingerprint density at radius 2 is 2.00 bits per heavy atom. The van der Waals surface area contributed by atoms with Gasteiger partial charge in [0.05, 0.1) is 5.56 Å². The van der Waals surface area contributed by atoms with Gasteiger partial charge in [0.25, 0.3) is 5.91 Å². The number of hydrogen-bond acceptors (Lipinski definition) is 2. The van der Waals surface area contributed by atoms with Crippen molar-refractivity contribution in [2.75, 3.05) is 20.1 Å². The zero-order chi connectivity index (χ0) is 12.3. The molecule has 0 aliphatic carbocycles. The number of amides is 1. The summed E-state index contributed by atoms with van der Waals surface area (Å²) in [5, 5.41) is 2.89. The molecule has 1 aromatic rings. The molecule has 0 unspecified atom stereocenters. The van der Waals surface area contributed by atoms with E-state index in [9.17, 15) is 9.18 Å². The van der Waals surface area contributed by atoms with Gasteiger partial charge in [0, 0.05) is 6.04 Å².